The van der Waals surface area contributed by atoms with Gasteiger partial charge in [-0.2, -0.15) is 0 Å². The maximum atomic E-state index is 5.41. The fourth-order valence-corrected chi connectivity index (χ4v) is 1.32. The Morgan fingerprint density at radius 1 is 1.38 bits per heavy atom. The van der Waals surface area contributed by atoms with Crippen LogP contribution in [0.2, 0.25) is 0 Å². The van der Waals surface area contributed by atoms with Crippen LogP contribution in [0.3, 0.4) is 0 Å². The summed E-state index contributed by atoms with van der Waals surface area (Å²) < 4.78 is 21.1. The molecule has 4 heteroatoms. The third-order valence-corrected chi connectivity index (χ3v) is 2.10. The van der Waals surface area contributed by atoms with Gasteiger partial charge in [-0.15, -0.1) is 0 Å². The molecule has 0 radical (unpaired) electrons. The van der Waals surface area contributed by atoms with E-state index < -0.39 is 5.79 Å². The summed E-state index contributed by atoms with van der Waals surface area (Å²) in [6, 6.07) is 1.77. The van der Waals surface area contributed by atoms with E-state index in [0.29, 0.717) is 24.7 Å². The van der Waals surface area contributed by atoms with Gasteiger partial charge in [0.15, 0.2) is 11.5 Å². The molecule has 1 aromatic heterocycles. The van der Waals surface area contributed by atoms with E-state index >= 15 is 0 Å². The Bertz CT molecular complexity index is 286. The van der Waals surface area contributed by atoms with Crippen molar-refractivity contribution in [2.75, 3.05) is 20.3 Å². The third-order valence-electron chi connectivity index (χ3n) is 2.10. The predicted molar refractivity (Wildman–Crippen MR) is 44.5 cm³/mol. The van der Waals surface area contributed by atoms with Crippen LogP contribution in [-0.2, 0) is 15.3 Å². The van der Waals surface area contributed by atoms with Crippen molar-refractivity contribution in [2.45, 2.75) is 12.7 Å². The highest BCUT2D eigenvalue weighted by atomic mass is 16.7. The van der Waals surface area contributed by atoms with E-state index in [1.165, 1.54) is 6.26 Å². The fraction of sp³-hybridized carbons (Fsp3) is 0.556. The maximum absolute atomic E-state index is 5.41. The normalized spacial score (nSPS) is 20.5. The first-order chi connectivity index (χ1) is 6.24. The lowest BCUT2D eigenvalue weighted by Gasteiger charge is -2.18. The summed E-state index contributed by atoms with van der Waals surface area (Å²) in [7, 11) is 1.59. The van der Waals surface area contributed by atoms with Crippen molar-refractivity contribution >= 4 is 0 Å². The molecule has 0 aromatic carbocycles. The average Bonchev–Trinajstić information content (AvgIpc) is 2.72. The van der Waals surface area contributed by atoms with Crippen molar-refractivity contribution in [1.82, 2.24) is 0 Å². The van der Waals surface area contributed by atoms with Crippen LogP contribution >= 0.6 is 0 Å². The van der Waals surface area contributed by atoms with Crippen molar-refractivity contribution in [2.24, 2.45) is 0 Å². The molecule has 0 bridgehead atoms. The second-order valence-corrected chi connectivity index (χ2v) is 2.99. The largest absolute Gasteiger partial charge is 0.493 e. The van der Waals surface area contributed by atoms with E-state index in [1.807, 2.05) is 6.92 Å². The van der Waals surface area contributed by atoms with Crippen LogP contribution in [0.5, 0.6) is 5.75 Å². The topological polar surface area (TPSA) is 40.8 Å². The molecule has 1 aliphatic heterocycles. The Labute approximate surface area is 76.4 Å². The highest BCUT2D eigenvalue weighted by Crippen LogP contribution is 2.33. The predicted octanol–water partition coefficient (Wildman–Crippen LogP) is 1.51. The Morgan fingerprint density at radius 3 is 2.62 bits per heavy atom. The van der Waals surface area contributed by atoms with Crippen molar-refractivity contribution in [3.05, 3.63) is 18.1 Å². The summed E-state index contributed by atoms with van der Waals surface area (Å²) in [5.41, 5.74) is 0. The zero-order valence-corrected chi connectivity index (χ0v) is 7.70. The lowest BCUT2D eigenvalue weighted by atomic mass is 10.2. The number of methoxy groups -OCH3 is 1. The van der Waals surface area contributed by atoms with E-state index in [-0.39, 0.29) is 0 Å². The molecule has 0 aliphatic carbocycles. The first-order valence-corrected chi connectivity index (χ1v) is 4.15. The molecule has 4 nitrogen and oxygen atoms in total. The Balaban J connectivity index is 2.23. The summed E-state index contributed by atoms with van der Waals surface area (Å²) in [6.07, 6.45) is 1.53. The third kappa shape index (κ3) is 1.43. The van der Waals surface area contributed by atoms with Crippen LogP contribution in [0, 0.1) is 0 Å². The molecule has 1 saturated heterocycles. The van der Waals surface area contributed by atoms with Crippen LogP contribution in [0.25, 0.3) is 0 Å². The Hall–Kier alpha value is -1.00. The zero-order valence-electron chi connectivity index (χ0n) is 7.70. The van der Waals surface area contributed by atoms with Gasteiger partial charge in [0, 0.05) is 6.07 Å². The molecule has 0 unspecified atom stereocenters. The molecule has 0 saturated carbocycles. The number of hydrogen-bond acceptors (Lipinski definition) is 4. The minimum Gasteiger partial charge on any atom is -0.493 e. The van der Waals surface area contributed by atoms with E-state index in [9.17, 15) is 0 Å². The number of hydrogen-bond donors (Lipinski definition) is 0. The first kappa shape index (κ1) is 8.59. The van der Waals surface area contributed by atoms with Gasteiger partial charge in [-0.05, 0) is 6.92 Å². The van der Waals surface area contributed by atoms with Crippen molar-refractivity contribution in [1.29, 1.82) is 0 Å². The molecule has 0 N–H and O–H groups in total. The van der Waals surface area contributed by atoms with E-state index in [1.54, 1.807) is 13.2 Å². The summed E-state index contributed by atoms with van der Waals surface area (Å²) in [5.74, 6) is 0.578. The van der Waals surface area contributed by atoms with Crippen LogP contribution in [-0.4, -0.2) is 20.3 Å². The van der Waals surface area contributed by atoms with E-state index in [4.69, 9.17) is 18.6 Å². The van der Waals surface area contributed by atoms with Crippen LogP contribution in [0.15, 0.2) is 16.7 Å². The fourth-order valence-electron chi connectivity index (χ4n) is 1.32. The van der Waals surface area contributed by atoms with Gasteiger partial charge in [0.05, 0.1) is 20.3 Å². The minimum atomic E-state index is -0.739. The van der Waals surface area contributed by atoms with Crippen molar-refractivity contribution in [3.63, 3.8) is 0 Å². The van der Waals surface area contributed by atoms with E-state index in [0.717, 1.165) is 0 Å². The summed E-state index contributed by atoms with van der Waals surface area (Å²) in [6.45, 7) is 3.03. The highest BCUT2D eigenvalue weighted by molar-refractivity contribution is 5.22. The Kier molecular flexibility index (Phi) is 2.01. The SMILES string of the molecule is COc1coc(C2(C)OCCO2)c1. The summed E-state index contributed by atoms with van der Waals surface area (Å²) >= 11 is 0. The van der Waals surface area contributed by atoms with Crippen LogP contribution in [0.4, 0.5) is 0 Å². The Morgan fingerprint density at radius 2 is 2.08 bits per heavy atom. The highest BCUT2D eigenvalue weighted by Gasteiger charge is 2.36. The summed E-state index contributed by atoms with van der Waals surface area (Å²) in [5, 5.41) is 0. The van der Waals surface area contributed by atoms with Gasteiger partial charge in [0.1, 0.15) is 6.26 Å². The molecule has 2 rings (SSSR count). The molecular formula is C9H12O4. The van der Waals surface area contributed by atoms with E-state index in [2.05, 4.69) is 0 Å². The number of furan rings is 1. The molecule has 1 aromatic rings. The molecule has 0 amide bonds. The van der Waals surface area contributed by atoms with Gasteiger partial charge in [-0.25, -0.2) is 0 Å². The van der Waals surface area contributed by atoms with Gasteiger partial charge in [0.25, 0.3) is 0 Å². The second-order valence-electron chi connectivity index (χ2n) is 2.99. The molecule has 1 aliphatic rings. The van der Waals surface area contributed by atoms with Gasteiger partial charge in [0.2, 0.25) is 5.79 Å². The van der Waals surface area contributed by atoms with Crippen molar-refractivity contribution in [3.8, 4) is 5.75 Å². The molecule has 1 fully saturated rings. The van der Waals surface area contributed by atoms with Gasteiger partial charge >= 0.3 is 0 Å². The van der Waals surface area contributed by atoms with Gasteiger partial charge < -0.3 is 18.6 Å². The van der Waals surface area contributed by atoms with Crippen molar-refractivity contribution < 1.29 is 18.6 Å². The summed E-state index contributed by atoms with van der Waals surface area (Å²) in [4.78, 5) is 0. The lowest BCUT2D eigenvalue weighted by Crippen LogP contribution is -2.21. The van der Waals surface area contributed by atoms with Gasteiger partial charge in [-0.1, -0.05) is 0 Å². The molecule has 13 heavy (non-hydrogen) atoms. The quantitative estimate of drug-likeness (QED) is 0.698. The monoisotopic (exact) mass is 184 g/mol. The lowest BCUT2D eigenvalue weighted by molar-refractivity contribution is -0.162. The van der Waals surface area contributed by atoms with Gasteiger partial charge in [-0.3, -0.25) is 0 Å². The number of ether oxygens (including phenoxy) is 3. The van der Waals surface area contributed by atoms with Crippen LogP contribution in [0.1, 0.15) is 12.7 Å². The molecule has 0 spiro atoms. The second kappa shape index (κ2) is 3.05. The maximum Gasteiger partial charge on any atom is 0.225 e. The minimum absolute atomic E-state index is 0.597. The average molecular weight is 184 g/mol. The number of rotatable bonds is 2. The molecule has 2 heterocycles. The molecule has 0 atom stereocenters. The molecular weight excluding hydrogens is 172 g/mol. The molecule has 72 valence electrons. The smallest absolute Gasteiger partial charge is 0.225 e. The first-order valence-electron chi connectivity index (χ1n) is 4.15. The van der Waals surface area contributed by atoms with Crippen LogP contribution < -0.4 is 4.74 Å². The standard InChI is InChI=1S/C9H12O4/c1-9(12-3-4-13-9)8-5-7(10-2)6-11-8/h5-6H,3-4H2,1-2H3. The zero-order chi connectivity index (χ0) is 9.31.